The van der Waals surface area contributed by atoms with E-state index in [1.165, 1.54) is 6.20 Å². The van der Waals surface area contributed by atoms with Gasteiger partial charge in [0.1, 0.15) is 0 Å². The van der Waals surface area contributed by atoms with Crippen molar-refractivity contribution in [3.8, 4) is 0 Å². The minimum Gasteiger partial charge on any atom is -0.311 e. The highest BCUT2D eigenvalue weighted by Gasteiger charge is 2.32. The highest BCUT2D eigenvalue weighted by molar-refractivity contribution is 5.06. The van der Waals surface area contributed by atoms with E-state index in [4.69, 9.17) is 0 Å². The van der Waals surface area contributed by atoms with E-state index in [1.807, 2.05) is 6.92 Å². The van der Waals surface area contributed by atoms with Crippen molar-refractivity contribution in [1.82, 2.24) is 15.3 Å². The predicted octanol–water partition coefficient (Wildman–Crippen LogP) is 2.00. The highest BCUT2D eigenvalue weighted by atomic mass is 19.4. The van der Waals surface area contributed by atoms with E-state index in [2.05, 4.69) is 15.3 Å². The van der Waals surface area contributed by atoms with Crippen LogP contribution in [0.25, 0.3) is 0 Å². The Bertz CT molecular complexity index is 312. The number of nitrogens with zero attached hydrogens (tertiary/aromatic N) is 2. The molecule has 1 aromatic heterocycles. The van der Waals surface area contributed by atoms with Gasteiger partial charge in [0.2, 0.25) is 0 Å². The van der Waals surface area contributed by atoms with E-state index in [9.17, 15) is 13.2 Å². The largest absolute Gasteiger partial charge is 0.434 e. The molecule has 0 aromatic carbocycles. The van der Waals surface area contributed by atoms with Crippen molar-refractivity contribution in [3.05, 3.63) is 23.8 Å². The maximum atomic E-state index is 12.2. The molecule has 0 fully saturated rings. The van der Waals surface area contributed by atoms with Gasteiger partial charge in [0.15, 0.2) is 5.69 Å². The lowest BCUT2D eigenvalue weighted by atomic mass is 10.3. The molecule has 1 heterocycles. The molecule has 0 radical (unpaired) electrons. The molecule has 0 aliphatic carbocycles. The fourth-order valence-electron chi connectivity index (χ4n) is 1.02. The normalized spacial score (nSPS) is 11.7. The van der Waals surface area contributed by atoms with Crippen LogP contribution in [0.4, 0.5) is 13.2 Å². The van der Waals surface area contributed by atoms with Gasteiger partial charge in [0.25, 0.3) is 0 Å². The summed E-state index contributed by atoms with van der Waals surface area (Å²) in [6, 6.07) is 0. The average Bonchev–Trinajstić information content (AvgIpc) is 2.17. The van der Waals surface area contributed by atoms with Gasteiger partial charge >= 0.3 is 6.18 Å². The zero-order valence-electron chi connectivity index (χ0n) is 8.30. The lowest BCUT2D eigenvalue weighted by molar-refractivity contribution is -0.141. The van der Waals surface area contributed by atoms with Crippen LogP contribution >= 0.6 is 0 Å². The van der Waals surface area contributed by atoms with Crippen LogP contribution < -0.4 is 5.32 Å². The van der Waals surface area contributed by atoms with Crippen LogP contribution in [0.5, 0.6) is 0 Å². The molecule has 1 N–H and O–H groups in total. The number of hydrogen-bond donors (Lipinski definition) is 1. The SMILES string of the molecule is CCCNCc1cncc(C(F)(F)F)n1. The lowest BCUT2D eigenvalue weighted by Gasteiger charge is -2.07. The van der Waals surface area contributed by atoms with Crippen LogP contribution in [0.2, 0.25) is 0 Å². The van der Waals surface area contributed by atoms with Crippen molar-refractivity contribution in [2.75, 3.05) is 6.54 Å². The van der Waals surface area contributed by atoms with Crippen LogP contribution in [0.3, 0.4) is 0 Å². The maximum absolute atomic E-state index is 12.2. The third-order valence-corrected chi connectivity index (χ3v) is 1.71. The van der Waals surface area contributed by atoms with Crippen LogP contribution in [0.1, 0.15) is 24.7 Å². The van der Waals surface area contributed by atoms with E-state index in [0.717, 1.165) is 19.2 Å². The Hall–Kier alpha value is -1.17. The molecule has 6 heteroatoms. The molecule has 84 valence electrons. The van der Waals surface area contributed by atoms with Crippen molar-refractivity contribution >= 4 is 0 Å². The van der Waals surface area contributed by atoms with Crippen LogP contribution in [0, 0.1) is 0 Å². The molecule has 15 heavy (non-hydrogen) atoms. The Morgan fingerprint density at radius 1 is 1.33 bits per heavy atom. The quantitative estimate of drug-likeness (QED) is 0.787. The minimum absolute atomic E-state index is 0.304. The first-order valence-corrected chi connectivity index (χ1v) is 4.63. The van der Waals surface area contributed by atoms with E-state index in [1.54, 1.807) is 0 Å². The lowest BCUT2D eigenvalue weighted by Crippen LogP contribution is -2.17. The van der Waals surface area contributed by atoms with Gasteiger partial charge in [-0.05, 0) is 13.0 Å². The first-order chi connectivity index (χ1) is 7.04. The molecule has 0 saturated heterocycles. The number of alkyl halides is 3. The predicted molar refractivity (Wildman–Crippen MR) is 49.0 cm³/mol. The standard InChI is InChI=1S/C9H12F3N3/c1-2-3-13-4-7-5-14-6-8(15-7)9(10,11)12/h5-6,13H,2-4H2,1H3. The summed E-state index contributed by atoms with van der Waals surface area (Å²) in [5.41, 5.74) is -0.642. The summed E-state index contributed by atoms with van der Waals surface area (Å²) >= 11 is 0. The van der Waals surface area contributed by atoms with Gasteiger partial charge < -0.3 is 5.32 Å². The minimum atomic E-state index is -4.42. The fraction of sp³-hybridized carbons (Fsp3) is 0.556. The highest BCUT2D eigenvalue weighted by Crippen LogP contribution is 2.26. The summed E-state index contributed by atoms with van der Waals surface area (Å²) in [5, 5.41) is 2.96. The molecule has 0 aliphatic rings. The molecule has 3 nitrogen and oxygen atoms in total. The van der Waals surface area contributed by atoms with Crippen LogP contribution in [-0.4, -0.2) is 16.5 Å². The second-order valence-corrected chi connectivity index (χ2v) is 3.07. The van der Waals surface area contributed by atoms with Gasteiger partial charge in [-0.3, -0.25) is 4.98 Å². The fourth-order valence-corrected chi connectivity index (χ4v) is 1.02. The second-order valence-electron chi connectivity index (χ2n) is 3.07. The topological polar surface area (TPSA) is 37.8 Å². The van der Waals surface area contributed by atoms with E-state index in [-0.39, 0.29) is 0 Å². The number of rotatable bonds is 4. The average molecular weight is 219 g/mol. The molecule has 0 bridgehead atoms. The Labute approximate surface area is 85.7 Å². The van der Waals surface area contributed by atoms with Gasteiger partial charge in [-0.1, -0.05) is 6.92 Å². The van der Waals surface area contributed by atoms with Gasteiger partial charge in [0, 0.05) is 12.7 Å². The molecular formula is C9H12F3N3. The third-order valence-electron chi connectivity index (χ3n) is 1.71. The van der Waals surface area contributed by atoms with Gasteiger partial charge in [-0.25, -0.2) is 4.98 Å². The van der Waals surface area contributed by atoms with Gasteiger partial charge in [-0.2, -0.15) is 13.2 Å². The zero-order chi connectivity index (χ0) is 11.3. The number of aromatic nitrogens is 2. The summed E-state index contributed by atoms with van der Waals surface area (Å²) in [6.45, 7) is 3.04. The molecule has 0 unspecified atom stereocenters. The smallest absolute Gasteiger partial charge is 0.311 e. The monoisotopic (exact) mass is 219 g/mol. The van der Waals surface area contributed by atoms with Gasteiger partial charge in [0.05, 0.1) is 11.9 Å². The summed E-state index contributed by atoms with van der Waals surface area (Å²) in [5.74, 6) is 0. The van der Waals surface area contributed by atoms with Crippen molar-refractivity contribution in [3.63, 3.8) is 0 Å². The van der Waals surface area contributed by atoms with Gasteiger partial charge in [-0.15, -0.1) is 0 Å². The summed E-state index contributed by atoms with van der Waals surface area (Å²) in [6.07, 6.45) is -1.44. The number of hydrogen-bond acceptors (Lipinski definition) is 3. The molecule has 0 spiro atoms. The van der Waals surface area contributed by atoms with Crippen molar-refractivity contribution in [1.29, 1.82) is 0 Å². The summed E-state index contributed by atoms with van der Waals surface area (Å²) in [7, 11) is 0. The van der Waals surface area contributed by atoms with E-state index < -0.39 is 11.9 Å². The second kappa shape index (κ2) is 5.06. The van der Waals surface area contributed by atoms with Crippen LogP contribution in [0.15, 0.2) is 12.4 Å². The first kappa shape index (κ1) is 11.9. The van der Waals surface area contributed by atoms with Crippen molar-refractivity contribution < 1.29 is 13.2 Å². The summed E-state index contributed by atoms with van der Waals surface area (Å²) in [4.78, 5) is 6.97. The molecule has 1 aromatic rings. The van der Waals surface area contributed by atoms with Crippen molar-refractivity contribution in [2.24, 2.45) is 0 Å². The Kier molecular flexibility index (Phi) is 4.02. The van der Waals surface area contributed by atoms with Crippen molar-refractivity contribution in [2.45, 2.75) is 26.1 Å². The summed E-state index contributed by atoms with van der Waals surface area (Å²) < 4.78 is 36.7. The molecule has 0 atom stereocenters. The Balaban J connectivity index is 2.66. The Morgan fingerprint density at radius 2 is 2.07 bits per heavy atom. The molecule has 0 aliphatic heterocycles. The van der Waals surface area contributed by atoms with E-state index >= 15 is 0 Å². The molecule has 1 rings (SSSR count). The number of halogens is 3. The molecule has 0 amide bonds. The number of nitrogens with one attached hydrogen (secondary N) is 1. The maximum Gasteiger partial charge on any atom is 0.434 e. The molecule has 0 saturated carbocycles. The third kappa shape index (κ3) is 3.83. The Morgan fingerprint density at radius 3 is 2.67 bits per heavy atom. The zero-order valence-corrected chi connectivity index (χ0v) is 8.30. The van der Waals surface area contributed by atoms with Crippen LogP contribution in [-0.2, 0) is 12.7 Å². The van der Waals surface area contributed by atoms with E-state index in [0.29, 0.717) is 12.2 Å². The first-order valence-electron chi connectivity index (χ1n) is 4.63. The molecular weight excluding hydrogens is 207 g/mol.